The van der Waals surface area contributed by atoms with Crippen molar-refractivity contribution < 1.29 is 14.4 Å². The molecule has 0 saturated carbocycles. The lowest BCUT2D eigenvalue weighted by atomic mass is 10.1. The van der Waals surface area contributed by atoms with Crippen LogP contribution >= 0.6 is 11.8 Å². The number of hydrogen-bond donors (Lipinski definition) is 1. The van der Waals surface area contributed by atoms with Gasteiger partial charge in [-0.3, -0.25) is 14.4 Å². The van der Waals surface area contributed by atoms with Crippen molar-refractivity contribution in [2.24, 2.45) is 0 Å². The Morgan fingerprint density at radius 2 is 1.77 bits per heavy atom. The summed E-state index contributed by atoms with van der Waals surface area (Å²) in [5.74, 6) is -0.757. The first kappa shape index (κ1) is 21.4. The Morgan fingerprint density at radius 3 is 2.55 bits per heavy atom. The van der Waals surface area contributed by atoms with E-state index in [2.05, 4.69) is 5.32 Å². The number of nitrogens with one attached hydrogen (secondary N) is 1. The highest BCUT2D eigenvalue weighted by Gasteiger charge is 2.41. The number of nitrogens with zero attached hydrogens (tertiary/aromatic N) is 2. The molecule has 3 amide bonds. The highest BCUT2D eigenvalue weighted by molar-refractivity contribution is 8.01. The molecule has 2 heterocycles. The second kappa shape index (κ2) is 9.14. The Hall–Kier alpha value is -2.80. The highest BCUT2D eigenvalue weighted by Crippen LogP contribution is 2.40. The van der Waals surface area contributed by atoms with Gasteiger partial charge in [-0.1, -0.05) is 24.3 Å². The molecule has 31 heavy (non-hydrogen) atoms. The lowest BCUT2D eigenvalue weighted by Crippen LogP contribution is -2.52. The molecule has 0 aliphatic carbocycles. The molecule has 2 aliphatic rings. The zero-order valence-electron chi connectivity index (χ0n) is 17.9. The Bertz CT molecular complexity index is 1020. The summed E-state index contributed by atoms with van der Waals surface area (Å²) >= 11 is 1.29. The normalized spacial score (nSPS) is 18.5. The van der Waals surface area contributed by atoms with Crippen molar-refractivity contribution in [1.82, 2.24) is 4.90 Å². The maximum Gasteiger partial charge on any atom is 0.250 e. The van der Waals surface area contributed by atoms with Crippen LogP contribution in [-0.2, 0) is 14.4 Å². The molecule has 1 atom stereocenters. The second-order valence-electron chi connectivity index (χ2n) is 8.07. The number of carbonyl (C=O) groups is 3. The van der Waals surface area contributed by atoms with Crippen LogP contribution in [0, 0.1) is 13.8 Å². The van der Waals surface area contributed by atoms with E-state index in [0.717, 1.165) is 41.0 Å². The van der Waals surface area contributed by atoms with Crippen molar-refractivity contribution in [3.8, 4) is 0 Å². The van der Waals surface area contributed by atoms with Gasteiger partial charge in [0.2, 0.25) is 11.8 Å². The van der Waals surface area contributed by atoms with E-state index in [0.29, 0.717) is 18.8 Å². The molecule has 0 aromatic heterocycles. The topological polar surface area (TPSA) is 69.7 Å². The van der Waals surface area contributed by atoms with Gasteiger partial charge >= 0.3 is 0 Å². The summed E-state index contributed by atoms with van der Waals surface area (Å²) in [5.41, 5.74) is 3.49. The SMILES string of the molecule is Cc1cccc(NC(=O)CN2C(=O)C(C(=O)N3CCCCC3)Sc3ccccc32)c1C. The minimum absolute atomic E-state index is 0.131. The van der Waals surface area contributed by atoms with Crippen LogP contribution in [0.3, 0.4) is 0 Å². The quantitative estimate of drug-likeness (QED) is 0.740. The molecule has 0 bridgehead atoms. The molecule has 1 N–H and O–H groups in total. The molecule has 4 rings (SSSR count). The molecule has 0 spiro atoms. The lowest BCUT2D eigenvalue weighted by molar-refractivity contribution is -0.135. The predicted octanol–water partition coefficient (Wildman–Crippen LogP) is 3.76. The molecule has 2 aromatic rings. The number of piperidine rings is 1. The van der Waals surface area contributed by atoms with Crippen LogP contribution in [0.2, 0.25) is 0 Å². The number of fused-ring (bicyclic) bond motifs is 1. The van der Waals surface area contributed by atoms with Gasteiger partial charge in [-0.05, 0) is 62.4 Å². The Kier molecular flexibility index (Phi) is 6.32. The first-order valence-electron chi connectivity index (χ1n) is 10.7. The molecule has 1 fully saturated rings. The summed E-state index contributed by atoms with van der Waals surface area (Å²) in [6.07, 6.45) is 3.05. The third-order valence-electron chi connectivity index (χ3n) is 5.96. The third kappa shape index (κ3) is 4.46. The monoisotopic (exact) mass is 437 g/mol. The predicted molar refractivity (Wildman–Crippen MR) is 123 cm³/mol. The largest absolute Gasteiger partial charge is 0.341 e. The van der Waals surface area contributed by atoms with Gasteiger partial charge < -0.3 is 15.1 Å². The van der Waals surface area contributed by atoms with Gasteiger partial charge in [-0.15, -0.1) is 11.8 Å². The van der Waals surface area contributed by atoms with Crippen LogP contribution in [0.15, 0.2) is 47.4 Å². The van der Waals surface area contributed by atoms with E-state index in [9.17, 15) is 14.4 Å². The number of carbonyl (C=O) groups excluding carboxylic acids is 3. The van der Waals surface area contributed by atoms with Gasteiger partial charge in [0, 0.05) is 23.7 Å². The van der Waals surface area contributed by atoms with E-state index in [4.69, 9.17) is 0 Å². The second-order valence-corrected chi connectivity index (χ2v) is 9.22. The van der Waals surface area contributed by atoms with Gasteiger partial charge in [0.25, 0.3) is 5.91 Å². The van der Waals surface area contributed by atoms with E-state index in [1.807, 2.05) is 56.3 Å². The maximum atomic E-state index is 13.4. The van der Waals surface area contributed by atoms with Crippen LogP contribution < -0.4 is 10.2 Å². The fraction of sp³-hybridized carbons (Fsp3) is 0.375. The molecule has 2 aliphatic heterocycles. The van der Waals surface area contributed by atoms with Crippen LogP contribution in [0.1, 0.15) is 30.4 Å². The van der Waals surface area contributed by atoms with E-state index in [-0.39, 0.29) is 24.3 Å². The molecule has 7 heteroatoms. The zero-order valence-corrected chi connectivity index (χ0v) is 18.7. The maximum absolute atomic E-state index is 13.4. The van der Waals surface area contributed by atoms with Crippen molar-refractivity contribution in [2.75, 3.05) is 29.9 Å². The van der Waals surface area contributed by atoms with E-state index < -0.39 is 5.25 Å². The number of likely N-dealkylation sites (tertiary alicyclic amines) is 1. The summed E-state index contributed by atoms with van der Waals surface area (Å²) in [4.78, 5) is 43.5. The highest BCUT2D eigenvalue weighted by atomic mass is 32.2. The van der Waals surface area contributed by atoms with Gasteiger partial charge in [0.15, 0.2) is 5.25 Å². The molecule has 162 valence electrons. The van der Waals surface area contributed by atoms with Crippen molar-refractivity contribution >= 4 is 40.9 Å². The molecule has 6 nitrogen and oxygen atoms in total. The van der Waals surface area contributed by atoms with Crippen LogP contribution in [0.25, 0.3) is 0 Å². The number of rotatable bonds is 4. The van der Waals surface area contributed by atoms with Crippen molar-refractivity contribution in [3.05, 3.63) is 53.6 Å². The van der Waals surface area contributed by atoms with Crippen LogP contribution in [0.4, 0.5) is 11.4 Å². The van der Waals surface area contributed by atoms with Gasteiger partial charge in [0.05, 0.1) is 5.69 Å². The average Bonchev–Trinajstić information content (AvgIpc) is 2.79. The average molecular weight is 438 g/mol. The Morgan fingerprint density at radius 1 is 1.03 bits per heavy atom. The molecular formula is C24H27N3O3S. The molecule has 0 radical (unpaired) electrons. The third-order valence-corrected chi connectivity index (χ3v) is 7.20. The van der Waals surface area contributed by atoms with Crippen molar-refractivity contribution in [1.29, 1.82) is 0 Å². The van der Waals surface area contributed by atoms with E-state index >= 15 is 0 Å². The lowest BCUT2D eigenvalue weighted by Gasteiger charge is -2.36. The number of hydrogen-bond acceptors (Lipinski definition) is 4. The minimum Gasteiger partial charge on any atom is -0.341 e. The van der Waals surface area contributed by atoms with E-state index in [1.54, 1.807) is 4.90 Å². The summed E-state index contributed by atoms with van der Waals surface area (Å²) in [5, 5.41) is 2.08. The van der Waals surface area contributed by atoms with Gasteiger partial charge in [-0.2, -0.15) is 0 Å². The Balaban J connectivity index is 1.56. The number of amides is 3. The number of anilines is 2. The summed E-state index contributed by atoms with van der Waals surface area (Å²) < 4.78 is 0. The summed E-state index contributed by atoms with van der Waals surface area (Å²) in [6.45, 7) is 5.20. The summed E-state index contributed by atoms with van der Waals surface area (Å²) in [6, 6.07) is 13.2. The molecular weight excluding hydrogens is 410 g/mol. The first-order chi connectivity index (χ1) is 15.0. The fourth-order valence-corrected chi connectivity index (χ4v) is 5.22. The number of para-hydroxylation sites is 1. The van der Waals surface area contributed by atoms with Crippen LogP contribution in [-0.4, -0.2) is 47.5 Å². The molecule has 1 unspecified atom stereocenters. The van der Waals surface area contributed by atoms with Gasteiger partial charge in [0.1, 0.15) is 6.54 Å². The number of benzene rings is 2. The van der Waals surface area contributed by atoms with Gasteiger partial charge in [-0.25, -0.2) is 0 Å². The van der Waals surface area contributed by atoms with Crippen molar-refractivity contribution in [3.63, 3.8) is 0 Å². The fourth-order valence-electron chi connectivity index (χ4n) is 4.04. The summed E-state index contributed by atoms with van der Waals surface area (Å²) in [7, 11) is 0. The zero-order chi connectivity index (χ0) is 22.0. The molecule has 1 saturated heterocycles. The minimum atomic E-state index is -0.846. The smallest absolute Gasteiger partial charge is 0.250 e. The number of thioether (sulfide) groups is 1. The number of aryl methyl sites for hydroxylation is 1. The van der Waals surface area contributed by atoms with E-state index in [1.165, 1.54) is 16.7 Å². The first-order valence-corrected chi connectivity index (χ1v) is 11.6. The molecule has 2 aromatic carbocycles. The van der Waals surface area contributed by atoms with Crippen molar-refractivity contribution in [2.45, 2.75) is 43.3 Å². The standard InChI is InChI=1S/C24H27N3O3S/c1-16-9-8-10-18(17(16)2)25-21(28)15-27-19-11-4-5-12-20(19)31-22(24(27)30)23(29)26-13-6-3-7-14-26/h4-5,8-12,22H,3,6-7,13-15H2,1-2H3,(H,25,28). The van der Waals surface area contributed by atoms with Crippen LogP contribution in [0.5, 0.6) is 0 Å². The Labute approximate surface area is 187 Å².